The molecule has 2 N–H and O–H groups in total. The molecule has 0 radical (unpaired) electrons. The lowest BCUT2D eigenvalue weighted by molar-refractivity contribution is -0.362. The van der Waals surface area contributed by atoms with Crippen LogP contribution in [-0.4, -0.2) is 49.4 Å². The second kappa shape index (κ2) is 8.57. The van der Waals surface area contributed by atoms with Gasteiger partial charge >= 0.3 is 12.4 Å². The molecule has 0 fully saturated rings. The normalized spacial score (nSPS) is 12.8. The van der Waals surface area contributed by atoms with E-state index in [1.54, 1.807) is 18.3 Å². The van der Waals surface area contributed by atoms with Crippen molar-refractivity contribution < 1.29 is 40.2 Å². The number of halogens is 8. The minimum atomic E-state index is -6.09. The van der Waals surface area contributed by atoms with Crippen molar-refractivity contribution >= 4 is 5.82 Å². The molecule has 0 amide bonds. The van der Waals surface area contributed by atoms with E-state index in [0.717, 1.165) is 0 Å². The van der Waals surface area contributed by atoms with Crippen molar-refractivity contribution in [3.05, 3.63) is 59.4 Å². The Hall–Kier alpha value is -3.29. The summed E-state index contributed by atoms with van der Waals surface area (Å²) in [4.78, 5) is 7.24. The zero-order valence-electron chi connectivity index (χ0n) is 16.6. The van der Waals surface area contributed by atoms with Crippen molar-refractivity contribution in [1.82, 2.24) is 19.7 Å². The van der Waals surface area contributed by atoms with E-state index in [4.69, 9.17) is 0 Å². The van der Waals surface area contributed by atoms with Crippen molar-refractivity contribution in [1.29, 1.82) is 0 Å². The maximum Gasteiger partial charge on any atom is 0.428 e. The monoisotopic (exact) mass is 481 g/mol. The van der Waals surface area contributed by atoms with Crippen LogP contribution in [0.25, 0.3) is 11.5 Å². The number of rotatable bonds is 6. The largest absolute Gasteiger partial charge is 0.428 e. The molecule has 6 nitrogen and oxygen atoms in total. The highest BCUT2D eigenvalue weighted by molar-refractivity contribution is 5.53. The number of nitrogens with zero attached hydrogens (tertiary/aromatic N) is 4. The molecular formula is C19H15F8N5O. The first-order valence-corrected chi connectivity index (χ1v) is 9.13. The molecule has 178 valence electrons. The Kier molecular flexibility index (Phi) is 6.33. The summed E-state index contributed by atoms with van der Waals surface area (Å²) in [6, 6.07) is 7.30. The van der Waals surface area contributed by atoms with E-state index in [1.165, 1.54) is 28.9 Å². The van der Waals surface area contributed by atoms with E-state index in [0.29, 0.717) is 17.5 Å². The van der Waals surface area contributed by atoms with Gasteiger partial charge in [0.25, 0.3) is 5.60 Å². The second-order valence-corrected chi connectivity index (χ2v) is 7.02. The smallest absolute Gasteiger partial charge is 0.372 e. The molecule has 0 atom stereocenters. The first-order chi connectivity index (χ1) is 15.2. The van der Waals surface area contributed by atoms with Crippen LogP contribution in [0.1, 0.15) is 11.3 Å². The Balaban J connectivity index is 1.87. The van der Waals surface area contributed by atoms with Crippen LogP contribution in [0, 0.1) is 18.6 Å². The van der Waals surface area contributed by atoms with Gasteiger partial charge in [0.15, 0.2) is 17.5 Å². The first kappa shape index (κ1) is 24.4. The minimum Gasteiger partial charge on any atom is -0.372 e. The average Bonchev–Trinajstić information content (AvgIpc) is 3.07. The molecule has 0 saturated carbocycles. The van der Waals surface area contributed by atoms with Gasteiger partial charge in [-0.2, -0.15) is 31.4 Å². The van der Waals surface area contributed by atoms with Gasteiger partial charge in [-0.1, -0.05) is 18.2 Å². The Morgan fingerprint density at radius 3 is 2.24 bits per heavy atom. The second-order valence-electron chi connectivity index (χ2n) is 7.02. The lowest BCUT2D eigenvalue weighted by Crippen LogP contribution is -2.61. The van der Waals surface area contributed by atoms with Crippen LogP contribution < -0.4 is 5.32 Å². The first-order valence-electron chi connectivity index (χ1n) is 9.13. The highest BCUT2D eigenvalue weighted by atomic mass is 19.4. The summed E-state index contributed by atoms with van der Waals surface area (Å²) in [5.41, 5.74) is -4.33. The molecule has 2 heterocycles. The van der Waals surface area contributed by atoms with Crippen LogP contribution in [-0.2, 0) is 6.54 Å². The predicted octanol–water partition coefficient (Wildman–Crippen LogP) is 4.24. The Bertz CT molecular complexity index is 1130. The summed E-state index contributed by atoms with van der Waals surface area (Å²) in [6.45, 7) is -0.532. The van der Waals surface area contributed by atoms with Crippen LogP contribution >= 0.6 is 0 Å². The van der Waals surface area contributed by atoms with Crippen molar-refractivity contribution in [2.75, 3.05) is 11.9 Å². The van der Waals surface area contributed by atoms with Gasteiger partial charge in [0.05, 0.1) is 19.3 Å². The summed E-state index contributed by atoms with van der Waals surface area (Å²) in [7, 11) is 0. The molecule has 1 aromatic carbocycles. The minimum absolute atomic E-state index is 0.00814. The molecule has 3 aromatic rings. The van der Waals surface area contributed by atoms with Crippen molar-refractivity contribution in [2.24, 2.45) is 0 Å². The predicted molar refractivity (Wildman–Crippen MR) is 99.0 cm³/mol. The number of aryl methyl sites for hydroxylation is 1. The van der Waals surface area contributed by atoms with Gasteiger partial charge in [0.2, 0.25) is 0 Å². The van der Waals surface area contributed by atoms with Crippen molar-refractivity contribution in [3.8, 4) is 11.5 Å². The number of nitrogens with one attached hydrogen (secondary N) is 1. The fourth-order valence-corrected chi connectivity index (χ4v) is 2.75. The van der Waals surface area contributed by atoms with Gasteiger partial charge in [0, 0.05) is 11.3 Å². The van der Waals surface area contributed by atoms with E-state index >= 15 is 0 Å². The van der Waals surface area contributed by atoms with Crippen molar-refractivity contribution in [3.63, 3.8) is 0 Å². The fourth-order valence-electron chi connectivity index (χ4n) is 2.75. The third-order valence-electron chi connectivity index (χ3n) is 4.68. The lowest BCUT2D eigenvalue weighted by Gasteiger charge is -2.32. The maximum absolute atomic E-state index is 14.0. The van der Waals surface area contributed by atoms with E-state index in [2.05, 4.69) is 15.1 Å². The summed E-state index contributed by atoms with van der Waals surface area (Å²) < 4.78 is 106. The van der Waals surface area contributed by atoms with E-state index in [9.17, 15) is 40.2 Å². The molecule has 0 spiro atoms. The van der Waals surface area contributed by atoms with E-state index in [1.807, 2.05) is 0 Å². The molecule has 0 aliphatic rings. The molecule has 14 heteroatoms. The summed E-state index contributed by atoms with van der Waals surface area (Å²) in [6.07, 6.45) is -11.7. The van der Waals surface area contributed by atoms with Gasteiger partial charge in [-0.25, -0.2) is 18.7 Å². The Morgan fingerprint density at radius 2 is 1.64 bits per heavy atom. The number of alkyl halides is 6. The van der Waals surface area contributed by atoms with Crippen LogP contribution in [0.2, 0.25) is 0 Å². The van der Waals surface area contributed by atoms with Crippen molar-refractivity contribution in [2.45, 2.75) is 31.4 Å². The molecule has 2 aromatic heterocycles. The number of hydrogen-bond acceptors (Lipinski definition) is 5. The molecule has 0 bridgehead atoms. The van der Waals surface area contributed by atoms with Gasteiger partial charge in [-0.15, -0.1) is 0 Å². The Morgan fingerprint density at radius 1 is 1.00 bits per heavy atom. The fraction of sp³-hybridized carbons (Fsp3) is 0.316. The third kappa shape index (κ3) is 4.89. The number of aliphatic hydroxyl groups is 1. The summed E-state index contributed by atoms with van der Waals surface area (Å²) >= 11 is 0. The zero-order chi connectivity index (χ0) is 24.6. The lowest BCUT2D eigenvalue weighted by atomic mass is 10.0. The van der Waals surface area contributed by atoms with Gasteiger partial charge < -0.3 is 10.4 Å². The van der Waals surface area contributed by atoms with Gasteiger partial charge in [-0.3, -0.25) is 4.68 Å². The van der Waals surface area contributed by atoms with Crippen LogP contribution in [0.3, 0.4) is 0 Å². The summed E-state index contributed by atoms with van der Waals surface area (Å²) in [5, 5.41) is 14.9. The topological polar surface area (TPSA) is 75.9 Å². The number of benzene rings is 1. The molecule has 33 heavy (non-hydrogen) atoms. The van der Waals surface area contributed by atoms with Gasteiger partial charge in [-0.05, 0) is 19.1 Å². The number of anilines is 1. The Labute approximate surface area is 180 Å². The average molecular weight is 481 g/mol. The molecular weight excluding hydrogens is 466 g/mol. The van der Waals surface area contributed by atoms with E-state index < -0.39 is 42.0 Å². The standard InChI is InChI=1S/C19H15F8N5O/c1-10-6-14(31-32(10)8-11-4-2-3-5-12(11)20)16-28-7-13(21)15(30-16)29-9-17(33,18(22,23)24)19(25,26)27/h2-7,33H,8-9H2,1H3,(H,28,29,30). The summed E-state index contributed by atoms with van der Waals surface area (Å²) in [5.74, 6) is -3.17. The SMILES string of the molecule is Cc1cc(-c2ncc(F)c(NCC(O)(C(F)(F)F)C(F)(F)F)n2)nn1Cc1ccccc1F. The molecule has 3 rings (SSSR count). The number of aromatic nitrogens is 4. The molecule has 0 saturated heterocycles. The number of hydrogen-bond donors (Lipinski definition) is 2. The molecule has 0 aliphatic heterocycles. The highest BCUT2D eigenvalue weighted by Gasteiger charge is 2.70. The molecule has 0 unspecified atom stereocenters. The van der Waals surface area contributed by atoms with E-state index in [-0.39, 0.29) is 18.1 Å². The van der Waals surface area contributed by atoms with Crippen LogP contribution in [0.5, 0.6) is 0 Å². The highest BCUT2D eigenvalue weighted by Crippen LogP contribution is 2.43. The van der Waals surface area contributed by atoms with Crippen LogP contribution in [0.4, 0.5) is 40.9 Å². The zero-order valence-corrected chi connectivity index (χ0v) is 16.6. The maximum atomic E-state index is 14.0. The third-order valence-corrected chi connectivity index (χ3v) is 4.68. The van der Waals surface area contributed by atoms with Crippen LogP contribution in [0.15, 0.2) is 36.5 Å². The molecule has 0 aliphatic carbocycles. The quantitative estimate of drug-likeness (QED) is 0.516. The van der Waals surface area contributed by atoms with Gasteiger partial charge in [0.1, 0.15) is 11.5 Å².